The van der Waals surface area contributed by atoms with Crippen LogP contribution in [0.4, 0.5) is 4.39 Å². The number of ether oxygens (including phenoxy) is 1. The van der Waals surface area contributed by atoms with Gasteiger partial charge in [0.15, 0.2) is 0 Å². The van der Waals surface area contributed by atoms with Gasteiger partial charge in [0.25, 0.3) is 5.91 Å². The number of hydrogen-bond donors (Lipinski definition) is 1. The first kappa shape index (κ1) is 25.4. The van der Waals surface area contributed by atoms with Crippen molar-refractivity contribution in [1.29, 1.82) is 0 Å². The van der Waals surface area contributed by atoms with E-state index in [0.717, 1.165) is 0 Å². The number of nitrogens with zero attached hydrogens (tertiary/aromatic N) is 6. The number of aryl methyl sites for hydroxylation is 1. The molecule has 1 aromatic carbocycles. The summed E-state index contributed by atoms with van der Waals surface area (Å²) in [6.45, 7) is 6.67. The summed E-state index contributed by atoms with van der Waals surface area (Å²) in [4.78, 5) is 28.2. The first-order valence-corrected chi connectivity index (χ1v) is 13.0. The fourth-order valence-corrected chi connectivity index (χ4v) is 5.59. The van der Waals surface area contributed by atoms with Crippen LogP contribution in [-0.2, 0) is 5.54 Å². The highest BCUT2D eigenvalue weighted by molar-refractivity contribution is 6.34. The van der Waals surface area contributed by atoms with Crippen molar-refractivity contribution < 1.29 is 13.9 Å². The fourth-order valence-electron chi connectivity index (χ4n) is 5.14. The molecule has 1 aliphatic carbocycles. The second-order valence-corrected chi connectivity index (χ2v) is 11.0. The van der Waals surface area contributed by atoms with E-state index in [1.807, 2.05) is 18.7 Å². The molecule has 1 amide bonds. The smallest absolute Gasteiger partial charge is 0.257 e. The number of fused-ring (bicyclic) bond motifs is 1. The maximum atomic E-state index is 13.5. The summed E-state index contributed by atoms with van der Waals surface area (Å²) in [5.74, 6) is 0.793. The van der Waals surface area contributed by atoms with Crippen molar-refractivity contribution in [2.75, 3.05) is 13.1 Å². The molecular weight excluding hydrogens is 521 g/mol. The minimum atomic E-state index is -0.747. The second-order valence-electron chi connectivity index (χ2n) is 10.6. The van der Waals surface area contributed by atoms with E-state index in [9.17, 15) is 9.18 Å². The van der Waals surface area contributed by atoms with Crippen molar-refractivity contribution in [2.24, 2.45) is 17.6 Å². The molecule has 1 saturated carbocycles. The van der Waals surface area contributed by atoms with Crippen LogP contribution in [-0.4, -0.2) is 54.7 Å². The average molecular weight is 548 g/mol. The highest BCUT2D eigenvalue weighted by Crippen LogP contribution is 2.49. The lowest BCUT2D eigenvalue weighted by Gasteiger charge is -2.24. The summed E-state index contributed by atoms with van der Waals surface area (Å²) >= 11 is 6.70. The molecule has 0 spiro atoms. The standard InChI is InChI=1S/C28H27ClFN7O2/c1-15-18(14-37(35-15)27-32-9-4-10-33-27)26(38)36-12-19-20(13-36)25(19)39-22-11-21(28(2,3)31)23(29)24(34-22)16-5-7-17(30)8-6-16/h4-11,14,19-20,25H,12-13,31H2,1-3H3. The molecule has 11 heteroatoms. The van der Waals surface area contributed by atoms with E-state index in [1.54, 1.807) is 49.8 Å². The van der Waals surface area contributed by atoms with E-state index in [2.05, 4.69) is 20.1 Å². The average Bonchev–Trinajstić information content (AvgIpc) is 3.22. The maximum Gasteiger partial charge on any atom is 0.257 e. The van der Waals surface area contributed by atoms with E-state index in [0.29, 0.717) is 58.0 Å². The first-order valence-electron chi connectivity index (χ1n) is 12.7. The normalized spacial score (nSPS) is 20.2. The van der Waals surface area contributed by atoms with E-state index in [1.165, 1.54) is 16.8 Å². The monoisotopic (exact) mass is 547 g/mol. The van der Waals surface area contributed by atoms with Crippen LogP contribution < -0.4 is 10.5 Å². The summed E-state index contributed by atoms with van der Waals surface area (Å²) in [6.07, 6.45) is 4.87. The number of hydrogen-bond acceptors (Lipinski definition) is 7. The lowest BCUT2D eigenvalue weighted by Crippen LogP contribution is -2.33. The van der Waals surface area contributed by atoms with Crippen molar-refractivity contribution in [3.05, 3.63) is 82.6 Å². The molecular formula is C28H27ClFN7O2. The van der Waals surface area contributed by atoms with Crippen molar-refractivity contribution in [3.63, 3.8) is 0 Å². The Morgan fingerprint density at radius 2 is 1.82 bits per heavy atom. The summed E-state index contributed by atoms with van der Waals surface area (Å²) < 4.78 is 21.4. The molecule has 2 N–H and O–H groups in total. The molecule has 6 rings (SSSR count). The van der Waals surface area contributed by atoms with Gasteiger partial charge in [-0.05, 0) is 56.7 Å². The van der Waals surface area contributed by atoms with Gasteiger partial charge in [-0.25, -0.2) is 24.0 Å². The highest BCUT2D eigenvalue weighted by atomic mass is 35.5. The van der Waals surface area contributed by atoms with Gasteiger partial charge in [-0.2, -0.15) is 5.10 Å². The molecule has 9 nitrogen and oxygen atoms in total. The lowest BCUT2D eigenvalue weighted by atomic mass is 9.94. The number of carbonyl (C=O) groups is 1. The minimum Gasteiger partial charge on any atom is -0.474 e. The van der Waals surface area contributed by atoms with Gasteiger partial charge < -0.3 is 15.4 Å². The molecule has 2 atom stereocenters. The zero-order chi connectivity index (χ0) is 27.5. The molecule has 200 valence electrons. The van der Waals surface area contributed by atoms with Crippen LogP contribution in [0, 0.1) is 24.6 Å². The third kappa shape index (κ3) is 4.74. The molecule has 1 saturated heterocycles. The molecule has 4 heterocycles. The molecule has 39 heavy (non-hydrogen) atoms. The summed E-state index contributed by atoms with van der Waals surface area (Å²) in [7, 11) is 0. The Bertz CT molecular complexity index is 1540. The first-order chi connectivity index (χ1) is 18.6. The Morgan fingerprint density at radius 1 is 1.15 bits per heavy atom. The Balaban J connectivity index is 1.18. The summed E-state index contributed by atoms with van der Waals surface area (Å²) in [5, 5.41) is 4.83. The molecule has 3 aromatic heterocycles. The van der Waals surface area contributed by atoms with Gasteiger partial charge >= 0.3 is 0 Å². The van der Waals surface area contributed by atoms with Crippen LogP contribution in [0.15, 0.2) is 55.0 Å². The number of carbonyl (C=O) groups excluding carboxylic acids is 1. The molecule has 2 fully saturated rings. The molecule has 2 aliphatic rings. The van der Waals surface area contributed by atoms with E-state index in [4.69, 9.17) is 22.1 Å². The molecule has 2 unspecified atom stereocenters. The topological polar surface area (TPSA) is 112 Å². The second kappa shape index (κ2) is 9.39. The van der Waals surface area contributed by atoms with Crippen LogP contribution in [0.5, 0.6) is 5.88 Å². The highest BCUT2D eigenvalue weighted by Gasteiger charge is 2.59. The Hall–Kier alpha value is -3.89. The van der Waals surface area contributed by atoms with Crippen LogP contribution in [0.2, 0.25) is 5.02 Å². The number of likely N-dealkylation sites (tertiary alicyclic amines) is 1. The van der Waals surface area contributed by atoms with Crippen molar-refractivity contribution in [3.8, 4) is 23.1 Å². The quantitative estimate of drug-likeness (QED) is 0.385. The number of halogens is 2. The predicted molar refractivity (Wildman–Crippen MR) is 143 cm³/mol. The molecule has 1 aliphatic heterocycles. The zero-order valence-electron chi connectivity index (χ0n) is 21.7. The summed E-state index contributed by atoms with van der Waals surface area (Å²) in [5.41, 5.74) is 8.65. The van der Waals surface area contributed by atoms with Gasteiger partial charge in [-0.3, -0.25) is 4.79 Å². The van der Waals surface area contributed by atoms with E-state index >= 15 is 0 Å². The molecule has 4 aromatic rings. The summed E-state index contributed by atoms with van der Waals surface area (Å²) in [6, 6.07) is 9.48. The lowest BCUT2D eigenvalue weighted by molar-refractivity contribution is 0.0751. The van der Waals surface area contributed by atoms with Gasteiger partial charge in [-0.15, -0.1) is 0 Å². The number of benzene rings is 1. The van der Waals surface area contributed by atoms with Crippen LogP contribution in [0.3, 0.4) is 0 Å². The largest absolute Gasteiger partial charge is 0.474 e. The predicted octanol–water partition coefficient (Wildman–Crippen LogP) is 4.17. The van der Waals surface area contributed by atoms with Gasteiger partial charge in [0.05, 0.1) is 22.0 Å². The number of piperidine rings is 1. The third-order valence-corrected chi connectivity index (χ3v) is 7.67. The minimum absolute atomic E-state index is 0.0703. The SMILES string of the molecule is Cc1nn(-c2ncccn2)cc1C(=O)N1CC2C(C1)C2Oc1cc(C(C)(C)N)c(Cl)c(-c2ccc(F)cc2)n1. The molecule has 0 radical (unpaired) electrons. The Labute approximate surface area is 229 Å². The van der Waals surface area contributed by atoms with Crippen molar-refractivity contribution >= 4 is 17.5 Å². The number of amides is 1. The molecule has 0 bridgehead atoms. The Morgan fingerprint density at radius 3 is 2.46 bits per heavy atom. The van der Waals surface area contributed by atoms with Crippen LogP contribution >= 0.6 is 11.6 Å². The van der Waals surface area contributed by atoms with Gasteiger partial charge in [-0.1, -0.05) is 11.6 Å². The Kier molecular flexibility index (Phi) is 6.11. The van der Waals surface area contributed by atoms with Gasteiger partial charge in [0, 0.05) is 60.7 Å². The third-order valence-electron chi connectivity index (χ3n) is 7.29. The number of nitrogens with two attached hydrogens (primary N) is 1. The van der Waals surface area contributed by atoms with Crippen LogP contribution in [0.25, 0.3) is 17.2 Å². The van der Waals surface area contributed by atoms with E-state index < -0.39 is 5.54 Å². The van der Waals surface area contributed by atoms with Gasteiger partial charge in [0.1, 0.15) is 11.9 Å². The van der Waals surface area contributed by atoms with Crippen molar-refractivity contribution in [1.82, 2.24) is 29.6 Å². The zero-order valence-corrected chi connectivity index (χ0v) is 22.4. The number of rotatable bonds is 6. The number of pyridine rings is 1. The van der Waals surface area contributed by atoms with Crippen LogP contribution in [0.1, 0.15) is 35.5 Å². The van der Waals surface area contributed by atoms with Crippen molar-refractivity contribution in [2.45, 2.75) is 32.4 Å². The van der Waals surface area contributed by atoms with E-state index in [-0.39, 0.29) is 29.7 Å². The van der Waals surface area contributed by atoms with Gasteiger partial charge in [0.2, 0.25) is 11.8 Å². The maximum absolute atomic E-state index is 13.5. The fraction of sp³-hybridized carbons (Fsp3) is 0.321. The number of aromatic nitrogens is 5.